The van der Waals surface area contributed by atoms with Gasteiger partial charge in [0.05, 0.1) is 12.7 Å². The van der Waals surface area contributed by atoms with Crippen molar-refractivity contribution in [3.8, 4) is 0 Å². The number of halogens is 1. The maximum atomic E-state index is 13.0. The van der Waals surface area contributed by atoms with Gasteiger partial charge in [-0.3, -0.25) is 9.80 Å². The van der Waals surface area contributed by atoms with Crippen molar-refractivity contribution < 1.29 is 14.3 Å². The zero-order valence-electron chi connectivity index (χ0n) is 16.5. The lowest BCUT2D eigenvalue weighted by Crippen LogP contribution is -2.52. The van der Waals surface area contributed by atoms with Crippen molar-refractivity contribution >= 4 is 29.2 Å². The molecule has 0 spiro atoms. The Morgan fingerprint density at radius 2 is 1.80 bits per heavy atom. The minimum atomic E-state index is -0.385. The Labute approximate surface area is 179 Å². The van der Waals surface area contributed by atoms with E-state index in [0.29, 0.717) is 16.5 Å². The lowest BCUT2D eigenvalue weighted by molar-refractivity contribution is -0.131. The summed E-state index contributed by atoms with van der Waals surface area (Å²) in [6, 6.07) is 15.1. The van der Waals surface area contributed by atoms with Crippen LogP contribution in [0.1, 0.15) is 40.2 Å². The van der Waals surface area contributed by atoms with Crippen molar-refractivity contribution in [1.29, 1.82) is 0 Å². The molecule has 1 aliphatic carbocycles. The second-order valence-electron chi connectivity index (χ2n) is 7.99. The molecule has 1 amide bonds. The molecule has 2 N–H and O–H groups in total. The maximum Gasteiger partial charge on any atom is 0.337 e. The molecule has 0 radical (unpaired) electrons. The molecule has 1 saturated heterocycles. The van der Waals surface area contributed by atoms with Gasteiger partial charge in [0.1, 0.15) is 6.17 Å². The molecule has 2 aromatic carbocycles. The minimum absolute atomic E-state index is 0.0760. The zero-order valence-corrected chi connectivity index (χ0v) is 17.2. The molecule has 3 atom stereocenters. The van der Waals surface area contributed by atoms with E-state index in [1.807, 2.05) is 36.4 Å². The molecule has 30 heavy (non-hydrogen) atoms. The summed E-state index contributed by atoms with van der Waals surface area (Å²) in [5, 5.41) is 5.97. The van der Waals surface area contributed by atoms with Crippen molar-refractivity contribution in [3.05, 3.63) is 76.3 Å². The molecule has 2 heterocycles. The number of fused-ring (bicyclic) bond motifs is 1. The number of amides is 1. The van der Waals surface area contributed by atoms with Crippen LogP contribution in [0.2, 0.25) is 5.02 Å². The monoisotopic (exact) mass is 423 g/mol. The van der Waals surface area contributed by atoms with Crippen molar-refractivity contribution in [2.45, 2.75) is 31.0 Å². The minimum Gasteiger partial charge on any atom is -0.465 e. The Morgan fingerprint density at radius 3 is 2.43 bits per heavy atom. The van der Waals surface area contributed by atoms with Crippen LogP contribution in [0.5, 0.6) is 0 Å². The summed E-state index contributed by atoms with van der Waals surface area (Å²) < 4.78 is 4.76. The van der Waals surface area contributed by atoms with E-state index in [4.69, 9.17) is 16.3 Å². The first-order valence-corrected chi connectivity index (χ1v) is 10.4. The predicted octanol–water partition coefficient (Wildman–Crippen LogP) is 3.31. The Balaban J connectivity index is 1.46. The van der Waals surface area contributed by atoms with E-state index in [9.17, 15) is 9.59 Å². The zero-order chi connectivity index (χ0) is 20.8. The van der Waals surface area contributed by atoms with Crippen molar-refractivity contribution in [2.24, 2.45) is 5.92 Å². The summed E-state index contributed by atoms with van der Waals surface area (Å²) in [4.78, 5) is 24.7. The van der Waals surface area contributed by atoms with E-state index in [2.05, 4.69) is 10.7 Å². The number of hydrazine groups is 1. The third-order valence-corrected chi connectivity index (χ3v) is 6.36. The summed E-state index contributed by atoms with van der Waals surface area (Å²) >= 11 is 6.10. The molecule has 3 aliphatic rings. The molecular weight excluding hydrogens is 402 g/mol. The number of nitrogens with zero attached hydrogens (tertiary/aromatic N) is 1. The number of benzene rings is 2. The van der Waals surface area contributed by atoms with Crippen molar-refractivity contribution in [2.75, 3.05) is 7.11 Å². The van der Waals surface area contributed by atoms with Crippen LogP contribution in [0.15, 0.2) is 54.6 Å². The standard InChI is InChI=1S/C23H22ClN3O3/c1-30-23(29)16-6-2-13(3-7-16)18-12-19(28)27-22(25-18)20(21(26-27)15-4-5-15)14-8-10-17(24)11-9-14/h2-3,6-12,15,20-22,25-26H,4-5H2,1H3. The topological polar surface area (TPSA) is 70.7 Å². The number of carbonyl (C=O) groups excluding carboxylic acids is 2. The lowest BCUT2D eigenvalue weighted by atomic mass is 9.87. The van der Waals surface area contributed by atoms with Gasteiger partial charge in [0, 0.05) is 28.8 Å². The highest BCUT2D eigenvalue weighted by Gasteiger charge is 2.51. The Kier molecular flexibility index (Phi) is 4.76. The van der Waals surface area contributed by atoms with Gasteiger partial charge >= 0.3 is 5.97 Å². The number of hydrogen-bond donors (Lipinski definition) is 2. The number of hydrogen-bond acceptors (Lipinski definition) is 5. The summed E-state index contributed by atoms with van der Waals surface area (Å²) in [7, 11) is 1.36. The van der Waals surface area contributed by atoms with Crippen LogP contribution in [0.3, 0.4) is 0 Å². The van der Waals surface area contributed by atoms with Gasteiger partial charge < -0.3 is 10.1 Å². The van der Waals surface area contributed by atoms with E-state index < -0.39 is 0 Å². The van der Waals surface area contributed by atoms with E-state index in [-0.39, 0.29) is 30.0 Å². The predicted molar refractivity (Wildman–Crippen MR) is 113 cm³/mol. The highest BCUT2D eigenvalue weighted by molar-refractivity contribution is 6.30. The number of esters is 1. The average molecular weight is 424 g/mol. The van der Waals surface area contributed by atoms with Crippen LogP contribution in [0, 0.1) is 5.92 Å². The van der Waals surface area contributed by atoms with Gasteiger partial charge in [0.15, 0.2) is 0 Å². The highest BCUT2D eigenvalue weighted by atomic mass is 35.5. The molecular formula is C23H22ClN3O3. The molecule has 154 valence electrons. The van der Waals surface area contributed by atoms with Crippen LogP contribution >= 0.6 is 11.6 Å². The third-order valence-electron chi connectivity index (χ3n) is 6.10. The lowest BCUT2D eigenvalue weighted by Gasteiger charge is -2.33. The molecule has 0 bridgehead atoms. The fourth-order valence-electron chi connectivity index (χ4n) is 4.43. The van der Waals surface area contributed by atoms with E-state index in [0.717, 1.165) is 16.8 Å². The molecule has 2 aliphatic heterocycles. The summed E-state index contributed by atoms with van der Waals surface area (Å²) in [5.41, 5.74) is 6.67. The molecule has 6 nitrogen and oxygen atoms in total. The molecule has 3 unspecified atom stereocenters. The Hall–Kier alpha value is -2.83. The Morgan fingerprint density at radius 1 is 1.10 bits per heavy atom. The summed E-state index contributed by atoms with van der Waals surface area (Å²) in [6.45, 7) is 0. The first-order valence-electron chi connectivity index (χ1n) is 10.1. The summed E-state index contributed by atoms with van der Waals surface area (Å²) in [5.74, 6) is 0.211. The van der Waals surface area contributed by atoms with Crippen LogP contribution < -0.4 is 10.7 Å². The SMILES string of the molecule is COC(=O)c1ccc(C2=CC(=O)N3NC(C4CC4)C(c4ccc(Cl)cc4)C3N2)cc1. The molecule has 2 aromatic rings. The van der Waals surface area contributed by atoms with Crippen molar-refractivity contribution in [3.63, 3.8) is 0 Å². The van der Waals surface area contributed by atoms with Crippen LogP contribution in [0.4, 0.5) is 0 Å². The maximum absolute atomic E-state index is 13.0. The van der Waals surface area contributed by atoms with Crippen molar-refractivity contribution in [1.82, 2.24) is 15.8 Å². The third kappa shape index (κ3) is 3.36. The van der Waals surface area contributed by atoms with Gasteiger partial charge in [0.25, 0.3) is 5.91 Å². The van der Waals surface area contributed by atoms with Crippen LogP contribution in [0.25, 0.3) is 5.70 Å². The number of methoxy groups -OCH3 is 1. The quantitative estimate of drug-likeness (QED) is 0.738. The molecule has 2 fully saturated rings. The van der Waals surface area contributed by atoms with E-state index in [1.165, 1.54) is 20.0 Å². The van der Waals surface area contributed by atoms with Gasteiger partial charge in [-0.25, -0.2) is 10.2 Å². The van der Waals surface area contributed by atoms with Crippen LogP contribution in [-0.2, 0) is 9.53 Å². The smallest absolute Gasteiger partial charge is 0.337 e. The fourth-order valence-corrected chi connectivity index (χ4v) is 4.55. The van der Waals surface area contributed by atoms with E-state index >= 15 is 0 Å². The Bertz CT molecular complexity index is 1010. The van der Waals surface area contributed by atoms with Gasteiger partial charge in [0.2, 0.25) is 0 Å². The first kappa shape index (κ1) is 19.2. The number of ether oxygens (including phenoxy) is 1. The summed E-state index contributed by atoms with van der Waals surface area (Å²) in [6.07, 6.45) is 3.74. The molecule has 7 heteroatoms. The largest absolute Gasteiger partial charge is 0.465 e. The van der Waals surface area contributed by atoms with E-state index in [1.54, 1.807) is 23.2 Å². The average Bonchev–Trinajstić information content (AvgIpc) is 3.54. The fraction of sp³-hybridized carbons (Fsp3) is 0.304. The van der Waals surface area contributed by atoms with Gasteiger partial charge in [-0.1, -0.05) is 35.9 Å². The number of nitrogens with one attached hydrogen (secondary N) is 2. The second-order valence-corrected chi connectivity index (χ2v) is 8.43. The van der Waals surface area contributed by atoms with Gasteiger partial charge in [-0.15, -0.1) is 0 Å². The van der Waals surface area contributed by atoms with Crippen LogP contribution in [-0.4, -0.2) is 36.2 Å². The molecule has 1 saturated carbocycles. The van der Waals surface area contributed by atoms with Gasteiger partial charge in [-0.05, 0) is 54.2 Å². The number of rotatable bonds is 4. The van der Waals surface area contributed by atoms with Gasteiger partial charge in [-0.2, -0.15) is 0 Å². The first-order chi connectivity index (χ1) is 14.5. The number of carbonyl (C=O) groups is 2. The highest BCUT2D eigenvalue weighted by Crippen LogP contribution is 2.45. The normalized spacial score (nSPS) is 25.4. The molecule has 5 rings (SSSR count). The second kappa shape index (κ2) is 7.45. The molecule has 0 aromatic heterocycles.